The summed E-state index contributed by atoms with van der Waals surface area (Å²) in [7, 11) is 0. The number of nitrogens with zero attached hydrogens (tertiary/aromatic N) is 1. The van der Waals surface area contributed by atoms with Crippen molar-refractivity contribution in [3.8, 4) is 0 Å². The van der Waals surface area contributed by atoms with Gasteiger partial charge < -0.3 is 4.74 Å². The summed E-state index contributed by atoms with van der Waals surface area (Å²) in [6, 6.07) is 0. The maximum atomic E-state index is 5.51. The maximum absolute atomic E-state index is 5.51. The summed E-state index contributed by atoms with van der Waals surface area (Å²) in [6.07, 6.45) is 3.51. The second-order valence-corrected chi connectivity index (χ2v) is 3.70. The Bertz CT molecular complexity index is 177. The summed E-state index contributed by atoms with van der Waals surface area (Å²) < 4.78 is 5.51. The van der Waals surface area contributed by atoms with Gasteiger partial charge in [-0.1, -0.05) is 27.2 Å². The Balaban J connectivity index is 2.64. The maximum Gasteiger partial charge on any atom is 0.189 e. The number of ether oxygens (including phenoxy) is 1. The molecule has 2 nitrogen and oxygen atoms in total. The zero-order chi connectivity index (χ0) is 9.03. The van der Waals surface area contributed by atoms with Crippen molar-refractivity contribution in [2.45, 2.75) is 40.0 Å². The van der Waals surface area contributed by atoms with E-state index < -0.39 is 0 Å². The normalized spacial score (nSPS) is 21.4. The first-order valence-electron chi connectivity index (χ1n) is 4.90. The van der Waals surface area contributed by atoms with Crippen molar-refractivity contribution in [1.29, 1.82) is 0 Å². The Morgan fingerprint density at radius 1 is 1.50 bits per heavy atom. The van der Waals surface area contributed by atoms with Crippen LogP contribution in [0, 0.1) is 5.41 Å². The van der Waals surface area contributed by atoms with Gasteiger partial charge in [-0.05, 0) is 12.8 Å². The lowest BCUT2D eigenvalue weighted by molar-refractivity contribution is 0.268. The van der Waals surface area contributed by atoms with Crippen LogP contribution < -0.4 is 0 Å². The molecule has 1 rings (SSSR count). The molecule has 0 aromatic rings. The van der Waals surface area contributed by atoms with Gasteiger partial charge in [0, 0.05) is 5.41 Å². The van der Waals surface area contributed by atoms with Gasteiger partial charge >= 0.3 is 0 Å². The van der Waals surface area contributed by atoms with Crippen molar-refractivity contribution in [2.75, 3.05) is 13.2 Å². The molecular weight excluding hydrogens is 150 g/mol. The average Bonchev–Trinajstić information content (AvgIpc) is 2.57. The minimum Gasteiger partial charge on any atom is -0.479 e. The van der Waals surface area contributed by atoms with Crippen LogP contribution in [-0.4, -0.2) is 19.0 Å². The largest absolute Gasteiger partial charge is 0.479 e. The van der Waals surface area contributed by atoms with E-state index in [1.54, 1.807) is 0 Å². The van der Waals surface area contributed by atoms with Gasteiger partial charge in [0.25, 0.3) is 0 Å². The lowest BCUT2D eigenvalue weighted by atomic mass is 9.83. The van der Waals surface area contributed by atoms with Crippen LogP contribution in [0.5, 0.6) is 0 Å². The fraction of sp³-hybridized carbons (Fsp3) is 0.900. The Hall–Kier alpha value is -0.530. The third kappa shape index (κ3) is 1.79. The van der Waals surface area contributed by atoms with Crippen LogP contribution in [0.2, 0.25) is 0 Å². The fourth-order valence-corrected chi connectivity index (χ4v) is 1.69. The molecule has 0 fully saturated rings. The molecule has 0 spiro atoms. The summed E-state index contributed by atoms with van der Waals surface area (Å²) in [4.78, 5) is 4.39. The van der Waals surface area contributed by atoms with Crippen molar-refractivity contribution in [1.82, 2.24) is 0 Å². The second-order valence-electron chi connectivity index (χ2n) is 3.70. The van der Waals surface area contributed by atoms with Gasteiger partial charge in [-0.3, -0.25) is 4.99 Å². The molecule has 1 aliphatic rings. The summed E-state index contributed by atoms with van der Waals surface area (Å²) in [5.74, 6) is 0.992. The van der Waals surface area contributed by atoms with Gasteiger partial charge in [0.1, 0.15) is 6.61 Å². The Morgan fingerprint density at radius 2 is 2.25 bits per heavy atom. The van der Waals surface area contributed by atoms with Crippen molar-refractivity contribution >= 4 is 5.90 Å². The number of hydrogen-bond donors (Lipinski definition) is 0. The van der Waals surface area contributed by atoms with Crippen LogP contribution in [-0.2, 0) is 4.74 Å². The molecule has 0 radical (unpaired) electrons. The molecular formula is C10H19NO. The second kappa shape index (κ2) is 3.92. The molecule has 0 aliphatic carbocycles. The zero-order valence-corrected chi connectivity index (χ0v) is 8.39. The molecule has 1 atom stereocenters. The molecule has 0 saturated heterocycles. The van der Waals surface area contributed by atoms with Crippen LogP contribution in [0.4, 0.5) is 0 Å². The molecule has 0 unspecified atom stereocenters. The van der Waals surface area contributed by atoms with E-state index in [0.717, 1.165) is 25.5 Å². The van der Waals surface area contributed by atoms with Gasteiger partial charge in [-0.2, -0.15) is 0 Å². The van der Waals surface area contributed by atoms with Crippen molar-refractivity contribution in [2.24, 2.45) is 10.4 Å². The first-order chi connectivity index (χ1) is 5.73. The van der Waals surface area contributed by atoms with E-state index in [9.17, 15) is 0 Å². The first-order valence-corrected chi connectivity index (χ1v) is 4.90. The molecule has 0 saturated carbocycles. The van der Waals surface area contributed by atoms with E-state index in [-0.39, 0.29) is 5.41 Å². The minimum atomic E-state index is 0.200. The van der Waals surface area contributed by atoms with E-state index in [4.69, 9.17) is 4.74 Å². The lowest BCUT2D eigenvalue weighted by Gasteiger charge is -2.26. The van der Waals surface area contributed by atoms with E-state index in [1.807, 2.05) is 0 Å². The summed E-state index contributed by atoms with van der Waals surface area (Å²) in [5, 5.41) is 0. The Morgan fingerprint density at radius 3 is 2.67 bits per heavy atom. The van der Waals surface area contributed by atoms with Gasteiger partial charge in [0.15, 0.2) is 5.90 Å². The van der Waals surface area contributed by atoms with Crippen LogP contribution in [0.3, 0.4) is 0 Å². The van der Waals surface area contributed by atoms with E-state index in [2.05, 4.69) is 25.8 Å². The molecule has 70 valence electrons. The standard InChI is InChI=1S/C10H19NO/c1-4-6-10(3,5-2)9-11-7-8-12-9/h4-8H2,1-3H3/t10-/m1/s1. The summed E-state index contributed by atoms with van der Waals surface area (Å²) in [6.45, 7) is 8.31. The molecule has 0 N–H and O–H groups in total. The lowest BCUT2D eigenvalue weighted by Crippen LogP contribution is -2.27. The molecule has 0 aromatic carbocycles. The van der Waals surface area contributed by atoms with Crippen molar-refractivity contribution < 1.29 is 4.74 Å². The third-order valence-corrected chi connectivity index (χ3v) is 2.68. The Labute approximate surface area is 75.0 Å². The smallest absolute Gasteiger partial charge is 0.189 e. The highest BCUT2D eigenvalue weighted by atomic mass is 16.5. The molecule has 0 amide bonds. The van der Waals surface area contributed by atoms with Gasteiger partial charge in [0.05, 0.1) is 6.54 Å². The van der Waals surface area contributed by atoms with Gasteiger partial charge in [0.2, 0.25) is 0 Å². The predicted molar refractivity (Wildman–Crippen MR) is 51.6 cm³/mol. The van der Waals surface area contributed by atoms with Crippen LogP contribution in [0.1, 0.15) is 40.0 Å². The molecule has 1 aliphatic heterocycles. The molecule has 1 heterocycles. The van der Waals surface area contributed by atoms with Crippen molar-refractivity contribution in [3.63, 3.8) is 0 Å². The highest BCUT2D eigenvalue weighted by molar-refractivity contribution is 5.83. The average molecular weight is 169 g/mol. The molecule has 0 bridgehead atoms. The van der Waals surface area contributed by atoms with Crippen LogP contribution in [0.15, 0.2) is 4.99 Å². The van der Waals surface area contributed by atoms with E-state index in [0.29, 0.717) is 0 Å². The van der Waals surface area contributed by atoms with Gasteiger partial charge in [-0.15, -0.1) is 0 Å². The number of hydrogen-bond acceptors (Lipinski definition) is 2. The summed E-state index contributed by atoms with van der Waals surface area (Å²) >= 11 is 0. The van der Waals surface area contributed by atoms with Gasteiger partial charge in [-0.25, -0.2) is 0 Å². The number of rotatable bonds is 4. The van der Waals surface area contributed by atoms with Crippen molar-refractivity contribution in [3.05, 3.63) is 0 Å². The SMILES string of the molecule is CCC[C@@](C)(CC)C1=NCCO1. The quantitative estimate of drug-likeness (QED) is 0.634. The minimum absolute atomic E-state index is 0.200. The molecule has 12 heavy (non-hydrogen) atoms. The van der Waals surface area contributed by atoms with E-state index in [1.165, 1.54) is 12.8 Å². The highest BCUT2D eigenvalue weighted by Gasteiger charge is 2.31. The highest BCUT2D eigenvalue weighted by Crippen LogP contribution is 2.31. The molecule has 2 heteroatoms. The Kier molecular flexibility index (Phi) is 3.12. The molecule has 0 aromatic heterocycles. The van der Waals surface area contributed by atoms with E-state index >= 15 is 0 Å². The fourth-order valence-electron chi connectivity index (χ4n) is 1.69. The van der Waals surface area contributed by atoms with Crippen LogP contribution >= 0.6 is 0 Å². The third-order valence-electron chi connectivity index (χ3n) is 2.68. The monoisotopic (exact) mass is 169 g/mol. The number of aliphatic imine (C=N–C) groups is 1. The topological polar surface area (TPSA) is 21.6 Å². The summed E-state index contributed by atoms with van der Waals surface area (Å²) in [5.41, 5.74) is 0.200. The predicted octanol–water partition coefficient (Wildman–Crippen LogP) is 2.63. The zero-order valence-electron chi connectivity index (χ0n) is 8.39. The van der Waals surface area contributed by atoms with Crippen LogP contribution in [0.25, 0.3) is 0 Å². The first kappa shape index (κ1) is 9.56.